The molecule has 1 aliphatic rings. The van der Waals surface area contributed by atoms with Gasteiger partial charge in [-0.3, -0.25) is 0 Å². The van der Waals surface area contributed by atoms with Crippen LogP contribution in [0.2, 0.25) is 0 Å². The molecule has 2 heterocycles. The van der Waals surface area contributed by atoms with Crippen molar-refractivity contribution in [2.45, 2.75) is 39.3 Å². The lowest BCUT2D eigenvalue weighted by atomic mass is 10.1. The van der Waals surface area contributed by atoms with Crippen molar-refractivity contribution in [1.29, 1.82) is 0 Å². The van der Waals surface area contributed by atoms with Crippen molar-refractivity contribution in [2.24, 2.45) is 0 Å². The summed E-state index contributed by atoms with van der Waals surface area (Å²) in [4.78, 5) is 0. The quantitative estimate of drug-likeness (QED) is 0.780. The van der Waals surface area contributed by atoms with Crippen LogP contribution in [0, 0.1) is 13.8 Å². The molecule has 1 aromatic carbocycles. The third-order valence-corrected chi connectivity index (χ3v) is 4.18. The summed E-state index contributed by atoms with van der Waals surface area (Å²) in [6, 6.07) is 8.64. The summed E-state index contributed by atoms with van der Waals surface area (Å²) in [6.45, 7) is 4.58. The molecule has 0 bridgehead atoms. The highest BCUT2D eigenvalue weighted by Crippen LogP contribution is 2.36. The van der Waals surface area contributed by atoms with Crippen LogP contribution in [0.15, 0.2) is 28.8 Å². The van der Waals surface area contributed by atoms with Crippen LogP contribution in [0.25, 0.3) is 11.4 Å². The third-order valence-electron chi connectivity index (χ3n) is 4.18. The summed E-state index contributed by atoms with van der Waals surface area (Å²) < 4.78 is 7.10. The minimum Gasteiger partial charge on any atom is -0.381 e. The predicted molar refractivity (Wildman–Crippen MR) is 84.8 cm³/mol. The Balaban J connectivity index is 1.49. The van der Waals surface area contributed by atoms with E-state index in [-0.39, 0.29) is 0 Å². The number of tetrazole rings is 1. The second kappa shape index (κ2) is 5.49. The lowest BCUT2D eigenvalue weighted by molar-refractivity contribution is 0.392. The van der Waals surface area contributed by atoms with Crippen molar-refractivity contribution >= 4 is 5.69 Å². The van der Waals surface area contributed by atoms with E-state index in [1.54, 1.807) is 0 Å². The standard InChI is InChI=1S/C16H18N6O/c1-10-15(11(2)23-19-10)9-17-13-5-3-12(4-6-13)16-18-20-21-22(16)14-7-8-14/h3-6,14,17H,7-9H2,1-2H3. The summed E-state index contributed by atoms with van der Waals surface area (Å²) in [5, 5.41) is 19.4. The van der Waals surface area contributed by atoms with E-state index in [0.29, 0.717) is 12.6 Å². The van der Waals surface area contributed by atoms with Crippen LogP contribution in [-0.2, 0) is 6.54 Å². The first-order chi connectivity index (χ1) is 11.2. The van der Waals surface area contributed by atoms with E-state index < -0.39 is 0 Å². The smallest absolute Gasteiger partial charge is 0.182 e. The van der Waals surface area contributed by atoms with Crippen molar-refractivity contribution < 1.29 is 4.52 Å². The van der Waals surface area contributed by atoms with Gasteiger partial charge in [0.05, 0.1) is 11.7 Å². The molecule has 23 heavy (non-hydrogen) atoms. The maximum absolute atomic E-state index is 5.18. The number of aryl methyl sites for hydroxylation is 2. The van der Waals surface area contributed by atoms with Crippen LogP contribution in [0.1, 0.15) is 35.9 Å². The number of benzene rings is 1. The van der Waals surface area contributed by atoms with Gasteiger partial charge < -0.3 is 9.84 Å². The van der Waals surface area contributed by atoms with E-state index in [2.05, 4.69) is 26.0 Å². The Morgan fingerprint density at radius 3 is 2.65 bits per heavy atom. The van der Waals surface area contributed by atoms with Crippen molar-refractivity contribution in [2.75, 3.05) is 5.32 Å². The first-order valence-corrected chi connectivity index (χ1v) is 7.76. The predicted octanol–water partition coefficient (Wildman–Crippen LogP) is 2.89. The average molecular weight is 310 g/mol. The van der Waals surface area contributed by atoms with Crippen molar-refractivity contribution in [1.82, 2.24) is 25.4 Å². The molecule has 1 aliphatic carbocycles. The zero-order valence-electron chi connectivity index (χ0n) is 13.2. The molecular weight excluding hydrogens is 292 g/mol. The molecule has 118 valence electrons. The van der Waals surface area contributed by atoms with E-state index in [9.17, 15) is 0 Å². The minimum atomic E-state index is 0.470. The van der Waals surface area contributed by atoms with Crippen LogP contribution in [0.5, 0.6) is 0 Å². The molecule has 0 radical (unpaired) electrons. The van der Waals surface area contributed by atoms with Gasteiger partial charge in [-0.15, -0.1) is 5.10 Å². The maximum atomic E-state index is 5.18. The number of hydrogen-bond acceptors (Lipinski definition) is 6. The van der Waals surface area contributed by atoms with Gasteiger partial charge in [0.1, 0.15) is 5.76 Å². The number of hydrogen-bond donors (Lipinski definition) is 1. The maximum Gasteiger partial charge on any atom is 0.182 e. The number of nitrogens with one attached hydrogen (secondary N) is 1. The molecule has 0 aliphatic heterocycles. The fourth-order valence-corrected chi connectivity index (χ4v) is 2.63. The summed E-state index contributed by atoms with van der Waals surface area (Å²) in [5.74, 6) is 1.69. The fourth-order valence-electron chi connectivity index (χ4n) is 2.63. The lowest BCUT2D eigenvalue weighted by Crippen LogP contribution is -2.02. The normalized spacial score (nSPS) is 14.2. The molecule has 7 heteroatoms. The first-order valence-electron chi connectivity index (χ1n) is 7.76. The molecule has 4 rings (SSSR count). The van der Waals surface area contributed by atoms with Gasteiger partial charge >= 0.3 is 0 Å². The number of rotatable bonds is 5. The Bertz CT molecular complexity index is 796. The van der Waals surface area contributed by atoms with E-state index >= 15 is 0 Å². The van der Waals surface area contributed by atoms with Gasteiger partial charge in [-0.25, -0.2) is 4.68 Å². The van der Waals surface area contributed by atoms with E-state index in [1.165, 1.54) is 0 Å². The lowest BCUT2D eigenvalue weighted by Gasteiger charge is -2.07. The molecule has 1 fully saturated rings. The summed E-state index contributed by atoms with van der Waals surface area (Å²) in [7, 11) is 0. The Kier molecular flexibility index (Phi) is 3.33. The van der Waals surface area contributed by atoms with Gasteiger partial charge in [0.15, 0.2) is 5.82 Å². The SMILES string of the molecule is Cc1noc(C)c1CNc1ccc(-c2nnnn2C2CC2)cc1. The highest BCUT2D eigenvalue weighted by Gasteiger charge is 2.28. The van der Waals surface area contributed by atoms with Crippen LogP contribution >= 0.6 is 0 Å². The minimum absolute atomic E-state index is 0.470. The zero-order chi connectivity index (χ0) is 15.8. The third kappa shape index (κ3) is 2.69. The summed E-state index contributed by atoms with van der Waals surface area (Å²) in [5.41, 5.74) is 4.10. The van der Waals surface area contributed by atoms with Crippen molar-refractivity contribution in [3.05, 3.63) is 41.3 Å². The van der Waals surface area contributed by atoms with Gasteiger partial charge in [0.25, 0.3) is 0 Å². The molecule has 1 saturated carbocycles. The topological polar surface area (TPSA) is 81.7 Å². The summed E-state index contributed by atoms with van der Waals surface area (Å²) >= 11 is 0. The molecule has 0 amide bonds. The van der Waals surface area contributed by atoms with E-state index in [0.717, 1.165) is 46.9 Å². The van der Waals surface area contributed by atoms with Gasteiger partial charge in [-0.05, 0) is 61.4 Å². The Hall–Kier alpha value is -2.70. The molecule has 1 N–H and O–H groups in total. The average Bonchev–Trinajstić information content (AvgIpc) is 3.21. The highest BCUT2D eigenvalue weighted by molar-refractivity contribution is 5.59. The molecule has 0 spiro atoms. The first kappa shape index (κ1) is 13.9. The second-order valence-corrected chi connectivity index (χ2v) is 5.91. The molecule has 0 atom stereocenters. The molecule has 0 unspecified atom stereocenters. The molecule has 2 aromatic heterocycles. The van der Waals surface area contributed by atoms with Gasteiger partial charge in [0.2, 0.25) is 0 Å². The van der Waals surface area contributed by atoms with Crippen molar-refractivity contribution in [3.8, 4) is 11.4 Å². The number of nitrogens with zero attached hydrogens (tertiary/aromatic N) is 5. The number of aromatic nitrogens is 5. The molecule has 0 saturated heterocycles. The summed E-state index contributed by atoms with van der Waals surface area (Å²) in [6.07, 6.45) is 2.32. The monoisotopic (exact) mass is 310 g/mol. The van der Waals surface area contributed by atoms with Crippen molar-refractivity contribution in [3.63, 3.8) is 0 Å². The van der Waals surface area contributed by atoms with Gasteiger partial charge in [-0.2, -0.15) is 0 Å². The zero-order valence-corrected chi connectivity index (χ0v) is 13.2. The van der Waals surface area contributed by atoms with Gasteiger partial charge in [0, 0.05) is 23.4 Å². The van der Waals surface area contributed by atoms with Crippen LogP contribution in [0.4, 0.5) is 5.69 Å². The van der Waals surface area contributed by atoms with Crippen LogP contribution in [0.3, 0.4) is 0 Å². The Morgan fingerprint density at radius 2 is 2.00 bits per heavy atom. The molecule has 7 nitrogen and oxygen atoms in total. The fraction of sp³-hybridized carbons (Fsp3) is 0.375. The van der Waals surface area contributed by atoms with Crippen LogP contribution in [-0.4, -0.2) is 25.4 Å². The molecular formula is C16H18N6O. The van der Waals surface area contributed by atoms with Gasteiger partial charge in [-0.1, -0.05) is 5.16 Å². The van der Waals surface area contributed by atoms with E-state index in [1.807, 2.05) is 42.8 Å². The van der Waals surface area contributed by atoms with Crippen LogP contribution < -0.4 is 5.32 Å². The second-order valence-electron chi connectivity index (χ2n) is 5.91. The molecule has 3 aromatic rings. The Morgan fingerprint density at radius 1 is 1.22 bits per heavy atom. The Labute approximate surface area is 133 Å². The number of anilines is 1. The highest BCUT2D eigenvalue weighted by atomic mass is 16.5. The van der Waals surface area contributed by atoms with E-state index in [4.69, 9.17) is 4.52 Å². The largest absolute Gasteiger partial charge is 0.381 e.